The predicted molar refractivity (Wildman–Crippen MR) is 164 cm³/mol. The minimum absolute atomic E-state index is 0.144. The highest BCUT2D eigenvalue weighted by atomic mass is 16.7. The third-order valence-electron chi connectivity index (χ3n) is 9.02. The van der Waals surface area contributed by atoms with Crippen LogP contribution in [0.4, 0.5) is 17.8 Å². The van der Waals surface area contributed by atoms with Crippen LogP contribution in [0.1, 0.15) is 78.2 Å². The van der Waals surface area contributed by atoms with E-state index in [4.69, 9.17) is 24.4 Å². The van der Waals surface area contributed by atoms with Crippen LogP contribution >= 0.6 is 0 Å². The number of benzene rings is 1. The molecule has 0 unspecified atom stereocenters. The van der Waals surface area contributed by atoms with Gasteiger partial charge in [0.15, 0.2) is 11.5 Å². The molecule has 1 aromatic carbocycles. The van der Waals surface area contributed by atoms with E-state index in [1.54, 1.807) is 0 Å². The zero-order chi connectivity index (χ0) is 28.7. The highest BCUT2D eigenvalue weighted by Crippen LogP contribution is 2.56. The lowest BCUT2D eigenvalue weighted by molar-refractivity contribution is 0.0103. The van der Waals surface area contributed by atoms with Crippen molar-refractivity contribution in [2.75, 3.05) is 48.9 Å². The van der Waals surface area contributed by atoms with Gasteiger partial charge >= 0.3 is 0 Å². The lowest BCUT2D eigenvalue weighted by Gasteiger charge is -2.56. The fourth-order valence-electron chi connectivity index (χ4n) is 7.37. The molecule has 9 nitrogen and oxygen atoms in total. The smallest absolute Gasteiger partial charge is 0.231 e. The van der Waals surface area contributed by atoms with Crippen molar-refractivity contribution in [1.82, 2.24) is 19.9 Å². The molecule has 1 aromatic heterocycles. The first-order valence-electron chi connectivity index (χ1n) is 15.5. The van der Waals surface area contributed by atoms with Gasteiger partial charge in [0, 0.05) is 18.6 Å². The minimum atomic E-state index is 0.144. The van der Waals surface area contributed by atoms with E-state index in [1.807, 2.05) is 32.0 Å². The number of rotatable bonds is 12. The SMILES string of the molecule is CC#CC.CCN(CC)CCCNc1nc(NCc2ccc3c(c2)OCO3)nc(NC23CC4CC(CC(C4)C2)C3)n1. The first-order valence-corrected chi connectivity index (χ1v) is 15.5. The molecule has 0 saturated heterocycles. The molecule has 9 heteroatoms. The molecule has 4 bridgehead atoms. The fraction of sp³-hybridized carbons (Fsp3) is 0.656. The van der Waals surface area contributed by atoms with Crippen LogP contribution in [0.5, 0.6) is 11.5 Å². The zero-order valence-corrected chi connectivity index (χ0v) is 25.3. The molecule has 7 rings (SSSR count). The number of nitrogens with one attached hydrogen (secondary N) is 3. The highest BCUT2D eigenvalue weighted by molar-refractivity contribution is 5.47. The lowest BCUT2D eigenvalue weighted by atomic mass is 9.53. The standard InChI is InChI=1S/C28H41N7O2.C4H6/c1-3-35(4-2)9-5-8-29-25-31-26(30-17-19-6-7-23-24(13-19)37-18-36-23)33-27(32-25)34-28-14-20-10-21(15-28)12-22(11-20)16-28;1-3-4-2/h6-7,13,20-22H,3-5,8-12,14-18H2,1-2H3,(H3,29,30,31,32,33,34);1-2H3. The maximum atomic E-state index is 5.54. The Bertz CT molecular complexity index is 1180. The average molecular weight is 562 g/mol. The number of nitrogens with zero attached hydrogens (tertiary/aromatic N) is 4. The van der Waals surface area contributed by atoms with E-state index in [9.17, 15) is 0 Å². The summed E-state index contributed by atoms with van der Waals surface area (Å²) < 4.78 is 11.0. The lowest BCUT2D eigenvalue weighted by Crippen LogP contribution is -2.55. The minimum Gasteiger partial charge on any atom is -0.454 e. The predicted octanol–water partition coefficient (Wildman–Crippen LogP) is 5.77. The van der Waals surface area contributed by atoms with E-state index in [2.05, 4.69) is 46.5 Å². The second-order valence-electron chi connectivity index (χ2n) is 12.0. The van der Waals surface area contributed by atoms with Crippen LogP contribution in [0.3, 0.4) is 0 Å². The van der Waals surface area contributed by atoms with E-state index in [0.717, 1.165) is 67.4 Å². The molecule has 41 heavy (non-hydrogen) atoms. The molecule has 2 aromatic rings. The number of aromatic nitrogens is 3. The Balaban J connectivity index is 0.000000794. The normalized spacial score (nSPS) is 24.8. The summed E-state index contributed by atoms with van der Waals surface area (Å²) in [4.78, 5) is 16.8. The van der Waals surface area contributed by atoms with E-state index in [1.165, 1.54) is 38.5 Å². The maximum absolute atomic E-state index is 5.54. The van der Waals surface area contributed by atoms with E-state index in [0.29, 0.717) is 24.4 Å². The Morgan fingerprint density at radius 1 is 0.854 bits per heavy atom. The van der Waals surface area contributed by atoms with E-state index in [-0.39, 0.29) is 12.3 Å². The van der Waals surface area contributed by atoms with E-state index >= 15 is 0 Å². The average Bonchev–Trinajstić information content (AvgIpc) is 3.43. The number of anilines is 3. The van der Waals surface area contributed by atoms with Gasteiger partial charge in [0.05, 0.1) is 0 Å². The van der Waals surface area contributed by atoms with Gasteiger partial charge in [0.2, 0.25) is 24.6 Å². The second kappa shape index (κ2) is 13.6. The van der Waals surface area contributed by atoms with Gasteiger partial charge in [-0.2, -0.15) is 15.0 Å². The van der Waals surface area contributed by atoms with Gasteiger partial charge in [-0.25, -0.2) is 0 Å². The summed E-state index contributed by atoms with van der Waals surface area (Å²) in [5, 5.41) is 10.7. The van der Waals surface area contributed by atoms with Crippen molar-refractivity contribution in [2.45, 2.75) is 84.7 Å². The molecule has 0 atom stereocenters. The van der Waals surface area contributed by atoms with Crippen LogP contribution in [0.25, 0.3) is 0 Å². The summed E-state index contributed by atoms with van der Waals surface area (Å²) in [6, 6.07) is 6.01. The van der Waals surface area contributed by atoms with Gasteiger partial charge in [0.1, 0.15) is 0 Å². The van der Waals surface area contributed by atoms with Crippen LogP contribution in [0.15, 0.2) is 18.2 Å². The van der Waals surface area contributed by atoms with Crippen LogP contribution in [-0.2, 0) is 6.54 Å². The summed E-state index contributed by atoms with van der Waals surface area (Å²) in [5.74, 6) is 11.4. The Morgan fingerprint density at radius 3 is 2.10 bits per heavy atom. The summed E-state index contributed by atoms with van der Waals surface area (Å²) in [6.45, 7) is 13.0. The van der Waals surface area contributed by atoms with Crippen molar-refractivity contribution < 1.29 is 9.47 Å². The van der Waals surface area contributed by atoms with Crippen molar-refractivity contribution >= 4 is 17.8 Å². The summed E-state index contributed by atoms with van der Waals surface area (Å²) in [5.41, 5.74) is 1.24. The Morgan fingerprint density at radius 2 is 1.46 bits per heavy atom. The Hall–Kier alpha value is -3.25. The maximum Gasteiger partial charge on any atom is 0.231 e. The topological polar surface area (TPSA) is 96.5 Å². The quantitative estimate of drug-likeness (QED) is 0.221. The van der Waals surface area contributed by atoms with Gasteiger partial charge in [-0.05, 0) is 114 Å². The number of hydrogen-bond acceptors (Lipinski definition) is 9. The number of ether oxygens (including phenoxy) is 2. The van der Waals surface area contributed by atoms with Crippen molar-refractivity contribution in [1.29, 1.82) is 0 Å². The van der Waals surface area contributed by atoms with Crippen molar-refractivity contribution in [3.05, 3.63) is 23.8 Å². The van der Waals surface area contributed by atoms with Gasteiger partial charge < -0.3 is 30.3 Å². The molecule has 222 valence electrons. The molecule has 5 aliphatic rings. The van der Waals surface area contributed by atoms with Crippen LogP contribution in [0.2, 0.25) is 0 Å². The van der Waals surface area contributed by atoms with Crippen molar-refractivity contribution in [3.8, 4) is 23.3 Å². The molecule has 4 fully saturated rings. The summed E-state index contributed by atoms with van der Waals surface area (Å²) in [6.07, 6.45) is 9.04. The molecule has 1 aliphatic heterocycles. The molecule has 0 spiro atoms. The van der Waals surface area contributed by atoms with Gasteiger partial charge in [-0.1, -0.05) is 19.9 Å². The fourth-order valence-corrected chi connectivity index (χ4v) is 7.37. The molecular formula is C32H47N7O2. The van der Waals surface area contributed by atoms with Crippen LogP contribution in [0, 0.1) is 29.6 Å². The third kappa shape index (κ3) is 7.53. The molecule has 4 aliphatic carbocycles. The van der Waals surface area contributed by atoms with Gasteiger partial charge in [0.25, 0.3) is 0 Å². The number of hydrogen-bond donors (Lipinski definition) is 3. The first kappa shape index (κ1) is 29.2. The van der Waals surface area contributed by atoms with Crippen LogP contribution in [-0.4, -0.2) is 58.4 Å². The molecule has 0 radical (unpaired) electrons. The largest absolute Gasteiger partial charge is 0.454 e. The zero-order valence-electron chi connectivity index (χ0n) is 25.3. The second-order valence-corrected chi connectivity index (χ2v) is 12.0. The highest BCUT2D eigenvalue weighted by Gasteiger charge is 2.51. The molecule has 0 amide bonds. The third-order valence-corrected chi connectivity index (χ3v) is 9.02. The van der Waals surface area contributed by atoms with Crippen LogP contribution < -0.4 is 25.4 Å². The first-order chi connectivity index (χ1) is 20.0. The molecule has 3 N–H and O–H groups in total. The summed E-state index contributed by atoms with van der Waals surface area (Å²) >= 11 is 0. The molecule has 2 heterocycles. The summed E-state index contributed by atoms with van der Waals surface area (Å²) in [7, 11) is 0. The van der Waals surface area contributed by atoms with E-state index < -0.39 is 0 Å². The Kier molecular flexibility index (Phi) is 9.71. The van der Waals surface area contributed by atoms with Crippen molar-refractivity contribution in [3.63, 3.8) is 0 Å². The Labute approximate surface area is 245 Å². The number of fused-ring (bicyclic) bond motifs is 1. The van der Waals surface area contributed by atoms with Gasteiger partial charge in [-0.15, -0.1) is 11.8 Å². The molecule has 4 saturated carbocycles. The monoisotopic (exact) mass is 561 g/mol. The van der Waals surface area contributed by atoms with Gasteiger partial charge in [-0.3, -0.25) is 0 Å². The molecular weight excluding hydrogens is 514 g/mol. The van der Waals surface area contributed by atoms with Crippen molar-refractivity contribution in [2.24, 2.45) is 17.8 Å².